The highest BCUT2D eigenvalue weighted by atomic mass is 14.7. The van der Waals surface area contributed by atoms with Gasteiger partial charge in [-0.05, 0) is 37.0 Å². The fourth-order valence-electron chi connectivity index (χ4n) is 2.82. The predicted octanol–water partition coefficient (Wildman–Crippen LogP) is 2.94. The Bertz CT molecular complexity index is 157. The van der Waals surface area contributed by atoms with Crippen molar-refractivity contribution < 1.29 is 0 Å². The zero-order chi connectivity index (χ0) is 9.26. The van der Waals surface area contributed by atoms with E-state index >= 15 is 0 Å². The fraction of sp³-hybridized carbons (Fsp3) is 1.00. The van der Waals surface area contributed by atoms with Crippen LogP contribution in [0, 0.1) is 17.8 Å². The van der Waals surface area contributed by atoms with Crippen LogP contribution in [0.4, 0.5) is 0 Å². The molecule has 0 aliphatic heterocycles. The standard InChI is InChI=1S/C12H23N/c1-9(11-6-7-11)12(13)8-10-4-2-3-5-10/h9-12H,2-8,13H2,1H3. The van der Waals surface area contributed by atoms with Gasteiger partial charge >= 0.3 is 0 Å². The Morgan fingerprint density at radius 3 is 2.31 bits per heavy atom. The van der Waals surface area contributed by atoms with Crippen LogP contribution in [0.25, 0.3) is 0 Å². The molecule has 0 amide bonds. The number of hydrogen-bond donors (Lipinski definition) is 1. The number of hydrogen-bond acceptors (Lipinski definition) is 1. The van der Waals surface area contributed by atoms with Gasteiger partial charge in [0.05, 0.1) is 0 Å². The molecule has 2 rings (SSSR count). The Balaban J connectivity index is 1.72. The van der Waals surface area contributed by atoms with Crippen molar-refractivity contribution in [3.8, 4) is 0 Å². The largest absolute Gasteiger partial charge is 0.327 e. The summed E-state index contributed by atoms with van der Waals surface area (Å²) in [6, 6.07) is 0.496. The molecule has 2 aliphatic carbocycles. The van der Waals surface area contributed by atoms with Crippen molar-refractivity contribution in [1.29, 1.82) is 0 Å². The van der Waals surface area contributed by atoms with Crippen molar-refractivity contribution in [1.82, 2.24) is 0 Å². The molecule has 2 atom stereocenters. The Hall–Kier alpha value is -0.0400. The van der Waals surface area contributed by atoms with Gasteiger partial charge in [-0.2, -0.15) is 0 Å². The van der Waals surface area contributed by atoms with Gasteiger partial charge in [0.15, 0.2) is 0 Å². The van der Waals surface area contributed by atoms with Gasteiger partial charge in [-0.1, -0.05) is 32.6 Å². The van der Waals surface area contributed by atoms with E-state index in [1.165, 1.54) is 44.9 Å². The Kier molecular flexibility index (Phi) is 2.92. The van der Waals surface area contributed by atoms with Gasteiger partial charge in [-0.3, -0.25) is 0 Å². The molecule has 0 heterocycles. The Morgan fingerprint density at radius 1 is 1.15 bits per heavy atom. The minimum atomic E-state index is 0.496. The molecule has 13 heavy (non-hydrogen) atoms. The molecular formula is C12H23N. The van der Waals surface area contributed by atoms with Crippen molar-refractivity contribution in [3.05, 3.63) is 0 Å². The predicted molar refractivity (Wildman–Crippen MR) is 56.4 cm³/mol. The molecule has 2 saturated carbocycles. The summed E-state index contributed by atoms with van der Waals surface area (Å²) in [7, 11) is 0. The maximum Gasteiger partial charge on any atom is 0.00698 e. The van der Waals surface area contributed by atoms with E-state index in [0.717, 1.165) is 17.8 Å². The molecule has 0 aromatic heterocycles. The Labute approximate surface area is 82.1 Å². The first-order valence-electron chi connectivity index (χ1n) is 6.03. The van der Waals surface area contributed by atoms with E-state index in [0.29, 0.717) is 6.04 Å². The second kappa shape index (κ2) is 4.00. The van der Waals surface area contributed by atoms with Crippen molar-refractivity contribution in [3.63, 3.8) is 0 Å². The highest BCUT2D eigenvalue weighted by Gasteiger charge is 2.32. The third kappa shape index (κ3) is 2.46. The molecule has 1 heteroatoms. The van der Waals surface area contributed by atoms with E-state index in [4.69, 9.17) is 5.73 Å². The zero-order valence-electron chi connectivity index (χ0n) is 8.84. The average molecular weight is 181 g/mol. The van der Waals surface area contributed by atoms with Crippen LogP contribution in [0.1, 0.15) is 51.9 Å². The molecule has 2 aliphatic rings. The molecule has 2 N–H and O–H groups in total. The normalized spacial score (nSPS) is 29.1. The summed E-state index contributed by atoms with van der Waals surface area (Å²) in [5, 5.41) is 0. The van der Waals surface area contributed by atoms with E-state index in [1.807, 2.05) is 0 Å². The van der Waals surface area contributed by atoms with Crippen LogP contribution in [0.5, 0.6) is 0 Å². The van der Waals surface area contributed by atoms with Crippen molar-refractivity contribution in [2.75, 3.05) is 0 Å². The first-order chi connectivity index (χ1) is 6.27. The lowest BCUT2D eigenvalue weighted by Gasteiger charge is -2.22. The van der Waals surface area contributed by atoms with Crippen LogP contribution in [0.3, 0.4) is 0 Å². The lowest BCUT2D eigenvalue weighted by Crippen LogP contribution is -2.31. The van der Waals surface area contributed by atoms with Crippen molar-refractivity contribution >= 4 is 0 Å². The number of nitrogens with two attached hydrogens (primary N) is 1. The summed E-state index contributed by atoms with van der Waals surface area (Å²) in [5.41, 5.74) is 6.24. The minimum Gasteiger partial charge on any atom is -0.327 e. The summed E-state index contributed by atoms with van der Waals surface area (Å²) in [6.07, 6.45) is 10.00. The summed E-state index contributed by atoms with van der Waals surface area (Å²) < 4.78 is 0. The maximum absolute atomic E-state index is 6.24. The van der Waals surface area contributed by atoms with E-state index in [2.05, 4.69) is 6.92 Å². The molecule has 0 saturated heterocycles. The van der Waals surface area contributed by atoms with Gasteiger partial charge in [0.2, 0.25) is 0 Å². The molecule has 76 valence electrons. The van der Waals surface area contributed by atoms with Gasteiger partial charge in [-0.25, -0.2) is 0 Å². The smallest absolute Gasteiger partial charge is 0.00698 e. The Morgan fingerprint density at radius 2 is 1.77 bits per heavy atom. The molecule has 0 bridgehead atoms. The monoisotopic (exact) mass is 181 g/mol. The van der Waals surface area contributed by atoms with Crippen LogP contribution in [-0.4, -0.2) is 6.04 Å². The SMILES string of the molecule is CC(C(N)CC1CCCC1)C1CC1. The zero-order valence-corrected chi connectivity index (χ0v) is 8.84. The molecule has 0 radical (unpaired) electrons. The highest BCUT2D eigenvalue weighted by Crippen LogP contribution is 2.40. The minimum absolute atomic E-state index is 0.496. The quantitative estimate of drug-likeness (QED) is 0.709. The molecule has 0 aromatic rings. The van der Waals surface area contributed by atoms with Crippen LogP contribution in [0.15, 0.2) is 0 Å². The second-order valence-corrected chi connectivity index (χ2v) is 5.25. The van der Waals surface area contributed by atoms with Crippen LogP contribution >= 0.6 is 0 Å². The molecule has 1 nitrogen and oxygen atoms in total. The van der Waals surface area contributed by atoms with Gasteiger partial charge in [0.25, 0.3) is 0 Å². The first kappa shape index (κ1) is 9.51. The molecule has 0 aromatic carbocycles. The van der Waals surface area contributed by atoms with Gasteiger partial charge in [0.1, 0.15) is 0 Å². The van der Waals surface area contributed by atoms with Crippen molar-refractivity contribution in [2.45, 2.75) is 57.9 Å². The second-order valence-electron chi connectivity index (χ2n) is 5.25. The highest BCUT2D eigenvalue weighted by molar-refractivity contribution is 4.86. The molecule has 0 spiro atoms. The van der Waals surface area contributed by atoms with Crippen LogP contribution in [-0.2, 0) is 0 Å². The van der Waals surface area contributed by atoms with Crippen LogP contribution < -0.4 is 5.73 Å². The maximum atomic E-state index is 6.24. The fourth-order valence-corrected chi connectivity index (χ4v) is 2.82. The summed E-state index contributed by atoms with van der Waals surface area (Å²) in [5.74, 6) is 2.74. The lowest BCUT2D eigenvalue weighted by atomic mass is 9.88. The topological polar surface area (TPSA) is 26.0 Å². The van der Waals surface area contributed by atoms with Gasteiger partial charge < -0.3 is 5.73 Å². The van der Waals surface area contributed by atoms with E-state index in [9.17, 15) is 0 Å². The van der Waals surface area contributed by atoms with Crippen LogP contribution in [0.2, 0.25) is 0 Å². The molecule has 2 unspecified atom stereocenters. The third-order valence-corrected chi connectivity index (χ3v) is 4.12. The van der Waals surface area contributed by atoms with E-state index in [1.54, 1.807) is 0 Å². The number of rotatable bonds is 4. The third-order valence-electron chi connectivity index (χ3n) is 4.12. The van der Waals surface area contributed by atoms with Gasteiger partial charge in [-0.15, -0.1) is 0 Å². The van der Waals surface area contributed by atoms with E-state index < -0.39 is 0 Å². The lowest BCUT2D eigenvalue weighted by molar-refractivity contribution is 0.334. The van der Waals surface area contributed by atoms with Gasteiger partial charge in [0, 0.05) is 6.04 Å². The summed E-state index contributed by atoms with van der Waals surface area (Å²) in [6.45, 7) is 2.36. The van der Waals surface area contributed by atoms with Crippen molar-refractivity contribution in [2.24, 2.45) is 23.5 Å². The molecular weight excluding hydrogens is 158 g/mol. The first-order valence-corrected chi connectivity index (χ1v) is 6.03. The summed E-state index contributed by atoms with van der Waals surface area (Å²) in [4.78, 5) is 0. The average Bonchev–Trinajstić information content (AvgIpc) is 2.85. The van der Waals surface area contributed by atoms with E-state index in [-0.39, 0.29) is 0 Å². The molecule has 2 fully saturated rings. The summed E-state index contributed by atoms with van der Waals surface area (Å²) >= 11 is 0.